The first-order chi connectivity index (χ1) is 13.1. The number of hydrogen-bond donors (Lipinski definition) is 2. The number of hydrogen-bond acceptors (Lipinski definition) is 4. The van der Waals surface area contributed by atoms with E-state index in [1.54, 1.807) is 11.3 Å². The summed E-state index contributed by atoms with van der Waals surface area (Å²) in [5.74, 6) is -0.346. The van der Waals surface area contributed by atoms with Crippen molar-refractivity contribution >= 4 is 47.0 Å². The minimum Gasteiger partial charge on any atom is -0.367 e. The molecular weight excluding hydrogens is 495 g/mol. The molecule has 1 aromatic carbocycles. The summed E-state index contributed by atoms with van der Waals surface area (Å²) < 4.78 is 27.1. The third kappa shape index (κ3) is 6.00. The molecule has 1 aliphatic rings. The van der Waals surface area contributed by atoms with E-state index >= 15 is 0 Å². The van der Waals surface area contributed by atoms with Crippen LogP contribution in [0, 0.1) is 11.6 Å². The average Bonchev–Trinajstić information content (AvgIpc) is 3.29. The van der Waals surface area contributed by atoms with E-state index in [-0.39, 0.29) is 30.0 Å². The van der Waals surface area contributed by atoms with Crippen LogP contribution >= 0.6 is 35.3 Å². The topological polar surface area (TPSA) is 52.6 Å². The van der Waals surface area contributed by atoms with Crippen LogP contribution in [-0.2, 0) is 13.0 Å². The number of aliphatic imine (C=N–C) groups is 1. The summed E-state index contributed by atoms with van der Waals surface area (Å²) in [6, 6.07) is 3.87. The molecule has 0 radical (unpaired) electrons. The Morgan fingerprint density at radius 3 is 2.86 bits per heavy atom. The van der Waals surface area contributed by atoms with Gasteiger partial charge in [-0.15, -0.1) is 35.3 Å². The Morgan fingerprint density at radius 2 is 2.18 bits per heavy atom. The molecule has 2 heterocycles. The molecule has 1 atom stereocenters. The first-order valence-corrected chi connectivity index (χ1v) is 10.1. The van der Waals surface area contributed by atoms with Gasteiger partial charge in [-0.05, 0) is 31.9 Å². The smallest absolute Gasteiger partial charge is 0.191 e. The van der Waals surface area contributed by atoms with E-state index in [0.29, 0.717) is 25.3 Å². The molecule has 1 unspecified atom stereocenters. The maximum atomic E-state index is 14.0. The van der Waals surface area contributed by atoms with E-state index in [4.69, 9.17) is 0 Å². The molecule has 9 heteroatoms. The predicted octanol–water partition coefficient (Wildman–Crippen LogP) is 3.94. The summed E-state index contributed by atoms with van der Waals surface area (Å²) in [4.78, 5) is 11.1. The zero-order chi connectivity index (χ0) is 19.2. The number of aryl methyl sites for hydroxylation is 1. The third-order valence-electron chi connectivity index (χ3n) is 4.42. The number of guanidine groups is 1. The van der Waals surface area contributed by atoms with E-state index < -0.39 is 11.6 Å². The molecule has 2 aromatic rings. The van der Waals surface area contributed by atoms with Gasteiger partial charge in [0.15, 0.2) is 5.96 Å². The molecule has 0 spiro atoms. The van der Waals surface area contributed by atoms with Crippen molar-refractivity contribution in [2.75, 3.05) is 24.5 Å². The quantitative estimate of drug-likeness (QED) is 0.344. The lowest BCUT2D eigenvalue weighted by Crippen LogP contribution is -2.44. The largest absolute Gasteiger partial charge is 0.367 e. The predicted molar refractivity (Wildman–Crippen MR) is 122 cm³/mol. The average molecular weight is 521 g/mol. The van der Waals surface area contributed by atoms with Crippen molar-refractivity contribution in [2.24, 2.45) is 4.99 Å². The Kier molecular flexibility index (Phi) is 8.87. The molecule has 154 valence electrons. The van der Waals surface area contributed by atoms with Gasteiger partial charge in [-0.1, -0.05) is 6.92 Å². The summed E-state index contributed by atoms with van der Waals surface area (Å²) in [6.07, 6.45) is 1.79. The maximum Gasteiger partial charge on any atom is 0.191 e. The van der Waals surface area contributed by atoms with Crippen LogP contribution in [0.2, 0.25) is 0 Å². The lowest BCUT2D eigenvalue weighted by atomic mass is 10.2. The van der Waals surface area contributed by atoms with E-state index in [1.807, 2.05) is 17.2 Å². The molecule has 0 aliphatic carbocycles. The van der Waals surface area contributed by atoms with Crippen molar-refractivity contribution in [2.45, 2.75) is 39.3 Å². The fraction of sp³-hybridized carbons (Fsp3) is 0.474. The van der Waals surface area contributed by atoms with Crippen LogP contribution in [0.1, 0.15) is 31.0 Å². The van der Waals surface area contributed by atoms with Crippen molar-refractivity contribution in [3.8, 4) is 0 Å². The molecule has 28 heavy (non-hydrogen) atoms. The van der Waals surface area contributed by atoms with Crippen molar-refractivity contribution < 1.29 is 8.78 Å². The first-order valence-electron chi connectivity index (χ1n) is 9.27. The van der Waals surface area contributed by atoms with E-state index in [0.717, 1.165) is 42.1 Å². The van der Waals surface area contributed by atoms with Crippen LogP contribution < -0.4 is 15.5 Å². The van der Waals surface area contributed by atoms with Gasteiger partial charge in [0, 0.05) is 37.1 Å². The van der Waals surface area contributed by atoms with Gasteiger partial charge in [-0.3, -0.25) is 0 Å². The minimum absolute atomic E-state index is 0. The van der Waals surface area contributed by atoms with Gasteiger partial charge in [-0.2, -0.15) is 0 Å². The Labute approximate surface area is 185 Å². The summed E-state index contributed by atoms with van der Waals surface area (Å²) in [7, 11) is 0. The number of rotatable bonds is 6. The standard InChI is InChI=1S/C19H25F2N5S.HI/c1-3-18-24-15(12-27-18)10-23-19(22-4-2)25-14-7-8-26(11-14)17-6-5-13(20)9-16(17)21;/h5-6,9,12,14H,3-4,7-8,10-11H2,1-2H3,(H2,22,23,25);1H. The monoisotopic (exact) mass is 521 g/mol. The molecule has 1 aliphatic heterocycles. The Bertz CT molecular complexity index is 798. The Hall–Kier alpha value is -1.49. The Balaban J connectivity index is 0.00000280. The number of nitrogens with zero attached hydrogens (tertiary/aromatic N) is 3. The van der Waals surface area contributed by atoms with Crippen molar-refractivity contribution in [1.82, 2.24) is 15.6 Å². The minimum atomic E-state index is -0.556. The van der Waals surface area contributed by atoms with Crippen molar-refractivity contribution in [3.63, 3.8) is 0 Å². The molecule has 1 aromatic heterocycles. The van der Waals surface area contributed by atoms with E-state index in [9.17, 15) is 8.78 Å². The number of aromatic nitrogens is 1. The highest BCUT2D eigenvalue weighted by Crippen LogP contribution is 2.24. The van der Waals surface area contributed by atoms with Gasteiger partial charge in [0.25, 0.3) is 0 Å². The molecule has 0 saturated carbocycles. The summed E-state index contributed by atoms with van der Waals surface area (Å²) in [5, 5.41) is 9.82. The van der Waals surface area contributed by atoms with Crippen LogP contribution in [0.4, 0.5) is 14.5 Å². The van der Waals surface area contributed by atoms with Gasteiger partial charge >= 0.3 is 0 Å². The molecular formula is C19H26F2IN5S. The van der Waals surface area contributed by atoms with Gasteiger partial charge in [0.2, 0.25) is 0 Å². The van der Waals surface area contributed by atoms with Gasteiger partial charge in [-0.25, -0.2) is 18.8 Å². The van der Waals surface area contributed by atoms with Crippen LogP contribution in [-0.4, -0.2) is 36.6 Å². The first kappa shape index (κ1) is 22.8. The van der Waals surface area contributed by atoms with E-state index in [2.05, 4.69) is 27.5 Å². The van der Waals surface area contributed by atoms with Crippen LogP contribution in [0.5, 0.6) is 0 Å². The van der Waals surface area contributed by atoms with Gasteiger partial charge < -0.3 is 15.5 Å². The van der Waals surface area contributed by atoms with Crippen LogP contribution in [0.15, 0.2) is 28.6 Å². The van der Waals surface area contributed by atoms with Gasteiger partial charge in [0.1, 0.15) is 11.6 Å². The summed E-state index contributed by atoms with van der Waals surface area (Å²) in [5.41, 5.74) is 1.41. The lowest BCUT2D eigenvalue weighted by Gasteiger charge is -2.21. The summed E-state index contributed by atoms with van der Waals surface area (Å²) in [6.45, 7) is 6.74. The molecule has 3 rings (SSSR count). The molecule has 0 bridgehead atoms. The fourth-order valence-corrected chi connectivity index (χ4v) is 3.83. The zero-order valence-electron chi connectivity index (χ0n) is 16.0. The Morgan fingerprint density at radius 1 is 1.36 bits per heavy atom. The van der Waals surface area contributed by atoms with Crippen LogP contribution in [0.25, 0.3) is 0 Å². The second-order valence-corrected chi connectivity index (χ2v) is 7.40. The van der Waals surface area contributed by atoms with Crippen molar-refractivity contribution in [1.29, 1.82) is 0 Å². The molecule has 2 N–H and O–H groups in total. The highest BCUT2D eigenvalue weighted by atomic mass is 127. The number of thiazole rings is 1. The second kappa shape index (κ2) is 10.9. The molecule has 1 saturated heterocycles. The number of halogens is 3. The number of benzene rings is 1. The highest BCUT2D eigenvalue weighted by Gasteiger charge is 2.25. The van der Waals surface area contributed by atoms with Crippen LogP contribution in [0.3, 0.4) is 0 Å². The highest BCUT2D eigenvalue weighted by molar-refractivity contribution is 14.0. The fourth-order valence-electron chi connectivity index (χ4n) is 3.09. The van der Waals surface area contributed by atoms with Crippen molar-refractivity contribution in [3.05, 3.63) is 45.9 Å². The number of anilines is 1. The molecule has 0 amide bonds. The summed E-state index contributed by atoms with van der Waals surface area (Å²) >= 11 is 1.66. The molecule has 5 nitrogen and oxygen atoms in total. The maximum absolute atomic E-state index is 14.0. The third-order valence-corrected chi connectivity index (χ3v) is 5.47. The zero-order valence-corrected chi connectivity index (χ0v) is 19.2. The second-order valence-electron chi connectivity index (χ2n) is 6.45. The lowest BCUT2D eigenvalue weighted by molar-refractivity contribution is 0.580. The SMILES string of the molecule is CCNC(=NCc1csc(CC)n1)NC1CCN(c2ccc(F)cc2F)C1.I. The normalized spacial score (nSPS) is 16.8. The molecule has 1 fully saturated rings. The van der Waals surface area contributed by atoms with E-state index in [1.165, 1.54) is 12.1 Å². The number of nitrogens with one attached hydrogen (secondary N) is 2. The van der Waals surface area contributed by atoms with Gasteiger partial charge in [0.05, 0.1) is 22.9 Å².